The maximum atomic E-state index is 12.2. The topological polar surface area (TPSA) is 47.6 Å². The van der Waals surface area contributed by atoms with Crippen molar-refractivity contribution in [2.45, 2.75) is 23.6 Å². The highest BCUT2D eigenvalue weighted by atomic mass is 32.2. The van der Waals surface area contributed by atoms with Gasteiger partial charge < -0.3 is 14.8 Å². The van der Waals surface area contributed by atoms with E-state index in [4.69, 9.17) is 9.47 Å². The molecular formula is C18H21NO3S. The molecule has 0 aliphatic heterocycles. The maximum Gasteiger partial charge on any atom is 0.233 e. The first-order chi connectivity index (χ1) is 11.1. The summed E-state index contributed by atoms with van der Waals surface area (Å²) in [6.45, 7) is 2.39. The number of hydrogen-bond acceptors (Lipinski definition) is 4. The van der Waals surface area contributed by atoms with Crippen molar-refractivity contribution >= 4 is 17.7 Å². The molecule has 0 aliphatic carbocycles. The summed E-state index contributed by atoms with van der Waals surface area (Å²) in [5, 5.41) is 2.78. The maximum absolute atomic E-state index is 12.2. The van der Waals surface area contributed by atoms with Gasteiger partial charge in [-0.05, 0) is 48.9 Å². The molecule has 23 heavy (non-hydrogen) atoms. The van der Waals surface area contributed by atoms with Gasteiger partial charge in [-0.3, -0.25) is 4.79 Å². The van der Waals surface area contributed by atoms with Crippen LogP contribution in [0.2, 0.25) is 0 Å². The SMILES string of the molecule is COc1ccc(SC(C)C(=O)NCc2cccc(OC)c2)cc1. The van der Waals surface area contributed by atoms with Gasteiger partial charge in [0.2, 0.25) is 5.91 Å². The van der Waals surface area contributed by atoms with Gasteiger partial charge in [-0.25, -0.2) is 0 Å². The second-order valence-corrected chi connectivity index (χ2v) is 6.42. The number of rotatable bonds is 7. The van der Waals surface area contributed by atoms with Crippen LogP contribution in [0.1, 0.15) is 12.5 Å². The van der Waals surface area contributed by atoms with E-state index in [1.165, 1.54) is 11.8 Å². The Hall–Kier alpha value is -2.14. The molecule has 2 rings (SSSR count). The van der Waals surface area contributed by atoms with Crippen molar-refractivity contribution < 1.29 is 14.3 Å². The number of benzene rings is 2. The lowest BCUT2D eigenvalue weighted by Crippen LogP contribution is -2.30. The van der Waals surface area contributed by atoms with E-state index in [-0.39, 0.29) is 11.2 Å². The van der Waals surface area contributed by atoms with Crippen molar-refractivity contribution in [2.24, 2.45) is 0 Å². The zero-order chi connectivity index (χ0) is 16.7. The molecule has 0 heterocycles. The standard InChI is InChI=1S/C18H21NO3S/c1-13(23-17-9-7-15(21-2)8-10-17)18(20)19-12-14-5-4-6-16(11-14)22-3/h4-11,13H,12H2,1-3H3,(H,19,20). The van der Waals surface area contributed by atoms with Crippen LogP contribution in [0.3, 0.4) is 0 Å². The predicted molar refractivity (Wildman–Crippen MR) is 93.2 cm³/mol. The summed E-state index contributed by atoms with van der Waals surface area (Å²) < 4.78 is 10.3. The summed E-state index contributed by atoms with van der Waals surface area (Å²) in [5.41, 5.74) is 1.01. The quantitative estimate of drug-likeness (QED) is 0.789. The zero-order valence-corrected chi connectivity index (χ0v) is 14.4. The minimum absolute atomic E-state index is 0.00800. The van der Waals surface area contributed by atoms with Gasteiger partial charge in [-0.15, -0.1) is 11.8 Å². The van der Waals surface area contributed by atoms with Gasteiger partial charge in [-0.1, -0.05) is 12.1 Å². The molecule has 1 N–H and O–H groups in total. The highest BCUT2D eigenvalue weighted by Gasteiger charge is 2.14. The van der Waals surface area contributed by atoms with Gasteiger partial charge in [0, 0.05) is 11.4 Å². The summed E-state index contributed by atoms with van der Waals surface area (Å²) in [7, 11) is 3.27. The number of thioether (sulfide) groups is 1. The highest BCUT2D eigenvalue weighted by Crippen LogP contribution is 2.25. The number of carbonyl (C=O) groups excluding carboxylic acids is 1. The molecule has 0 aliphatic rings. The number of methoxy groups -OCH3 is 2. The normalized spacial score (nSPS) is 11.6. The van der Waals surface area contributed by atoms with Gasteiger partial charge in [0.15, 0.2) is 0 Å². The third-order valence-electron chi connectivity index (χ3n) is 3.34. The smallest absolute Gasteiger partial charge is 0.233 e. The Labute approximate surface area is 141 Å². The molecule has 1 unspecified atom stereocenters. The van der Waals surface area contributed by atoms with E-state index in [0.29, 0.717) is 6.54 Å². The lowest BCUT2D eigenvalue weighted by molar-refractivity contribution is -0.120. The van der Waals surface area contributed by atoms with Crippen molar-refractivity contribution in [3.8, 4) is 11.5 Å². The molecule has 2 aromatic carbocycles. The fourth-order valence-electron chi connectivity index (χ4n) is 2.03. The Kier molecular flexibility index (Phi) is 6.35. The van der Waals surface area contributed by atoms with Crippen LogP contribution in [0.5, 0.6) is 11.5 Å². The molecule has 0 saturated carbocycles. The number of nitrogens with one attached hydrogen (secondary N) is 1. The van der Waals surface area contributed by atoms with Crippen molar-refractivity contribution in [3.63, 3.8) is 0 Å². The predicted octanol–water partition coefficient (Wildman–Crippen LogP) is 3.50. The summed E-state index contributed by atoms with van der Waals surface area (Å²) in [6, 6.07) is 15.4. The lowest BCUT2D eigenvalue weighted by Gasteiger charge is -2.12. The van der Waals surface area contributed by atoms with Gasteiger partial charge in [-0.2, -0.15) is 0 Å². The van der Waals surface area contributed by atoms with Crippen LogP contribution in [0.15, 0.2) is 53.4 Å². The van der Waals surface area contributed by atoms with Crippen molar-refractivity contribution in [1.29, 1.82) is 0 Å². The van der Waals surface area contributed by atoms with Crippen LogP contribution in [-0.2, 0) is 11.3 Å². The largest absolute Gasteiger partial charge is 0.497 e. The van der Waals surface area contributed by atoms with E-state index >= 15 is 0 Å². The Balaban J connectivity index is 1.86. The minimum Gasteiger partial charge on any atom is -0.497 e. The number of ether oxygens (including phenoxy) is 2. The highest BCUT2D eigenvalue weighted by molar-refractivity contribution is 8.00. The average Bonchev–Trinajstić information content (AvgIpc) is 2.60. The van der Waals surface area contributed by atoms with Crippen LogP contribution in [0.25, 0.3) is 0 Å². The van der Waals surface area contributed by atoms with Crippen molar-refractivity contribution in [3.05, 3.63) is 54.1 Å². The van der Waals surface area contributed by atoms with Gasteiger partial charge >= 0.3 is 0 Å². The van der Waals surface area contributed by atoms with Gasteiger partial charge in [0.25, 0.3) is 0 Å². The second kappa shape index (κ2) is 8.48. The molecule has 1 atom stereocenters. The molecule has 1 amide bonds. The van der Waals surface area contributed by atoms with Crippen molar-refractivity contribution in [2.75, 3.05) is 14.2 Å². The first-order valence-electron chi connectivity index (χ1n) is 7.33. The van der Waals surface area contributed by atoms with Crippen LogP contribution >= 0.6 is 11.8 Å². The zero-order valence-electron chi connectivity index (χ0n) is 13.5. The molecule has 0 aromatic heterocycles. The summed E-state index contributed by atoms with van der Waals surface area (Å²) >= 11 is 1.52. The Morgan fingerprint density at radius 3 is 2.43 bits per heavy atom. The van der Waals surface area contributed by atoms with Crippen LogP contribution in [0, 0.1) is 0 Å². The van der Waals surface area contributed by atoms with E-state index in [0.717, 1.165) is 22.0 Å². The molecule has 4 nitrogen and oxygen atoms in total. The van der Waals surface area contributed by atoms with Crippen LogP contribution in [-0.4, -0.2) is 25.4 Å². The molecule has 0 spiro atoms. The van der Waals surface area contributed by atoms with E-state index in [1.54, 1.807) is 14.2 Å². The first kappa shape index (κ1) is 17.2. The summed E-state index contributed by atoms with van der Waals surface area (Å²) in [6.07, 6.45) is 0. The third-order valence-corrected chi connectivity index (χ3v) is 4.45. The molecule has 5 heteroatoms. The molecule has 0 saturated heterocycles. The Bertz CT molecular complexity index is 643. The molecule has 0 fully saturated rings. The van der Waals surface area contributed by atoms with Gasteiger partial charge in [0.1, 0.15) is 11.5 Å². The number of carbonyl (C=O) groups is 1. The number of hydrogen-bond donors (Lipinski definition) is 1. The molecule has 2 aromatic rings. The van der Waals surface area contributed by atoms with E-state index in [2.05, 4.69) is 5.32 Å². The van der Waals surface area contributed by atoms with E-state index < -0.39 is 0 Å². The fourth-order valence-corrected chi connectivity index (χ4v) is 2.92. The van der Waals surface area contributed by atoms with Gasteiger partial charge in [0.05, 0.1) is 19.5 Å². The molecule has 0 bridgehead atoms. The number of amides is 1. The van der Waals surface area contributed by atoms with Crippen LogP contribution in [0.4, 0.5) is 0 Å². The second-order valence-electron chi connectivity index (χ2n) is 5.00. The Morgan fingerprint density at radius 2 is 1.78 bits per heavy atom. The van der Waals surface area contributed by atoms with Crippen LogP contribution < -0.4 is 14.8 Å². The van der Waals surface area contributed by atoms with E-state index in [9.17, 15) is 4.79 Å². The first-order valence-corrected chi connectivity index (χ1v) is 8.21. The average molecular weight is 331 g/mol. The van der Waals surface area contributed by atoms with E-state index in [1.807, 2.05) is 55.5 Å². The molecular weight excluding hydrogens is 310 g/mol. The summed E-state index contributed by atoms with van der Waals surface area (Å²) in [4.78, 5) is 13.2. The molecule has 0 radical (unpaired) electrons. The minimum atomic E-state index is -0.172. The Morgan fingerprint density at radius 1 is 1.09 bits per heavy atom. The monoisotopic (exact) mass is 331 g/mol. The summed E-state index contributed by atoms with van der Waals surface area (Å²) in [5.74, 6) is 1.61. The fraction of sp³-hybridized carbons (Fsp3) is 0.278. The molecule has 122 valence electrons. The lowest BCUT2D eigenvalue weighted by atomic mass is 10.2. The third kappa shape index (κ3) is 5.21. The van der Waals surface area contributed by atoms with Crippen molar-refractivity contribution in [1.82, 2.24) is 5.32 Å².